The van der Waals surface area contributed by atoms with Crippen LogP contribution in [0.15, 0.2) is 84.8 Å². The van der Waals surface area contributed by atoms with E-state index in [9.17, 15) is 9.59 Å². The van der Waals surface area contributed by atoms with Gasteiger partial charge in [0.1, 0.15) is 0 Å². The monoisotopic (exact) mass is 592 g/mol. The first kappa shape index (κ1) is 28.4. The highest BCUT2D eigenvalue weighted by Gasteiger charge is 2.32. The number of benzene rings is 2. The molecule has 4 aromatic rings. The lowest BCUT2D eigenvalue weighted by atomic mass is 9.80. The third kappa shape index (κ3) is 5.92. The summed E-state index contributed by atoms with van der Waals surface area (Å²) < 4.78 is 0. The number of rotatable bonds is 7. The lowest BCUT2D eigenvalue weighted by Crippen LogP contribution is -2.39. The van der Waals surface area contributed by atoms with Gasteiger partial charge in [0.25, 0.3) is 0 Å². The Morgan fingerprint density at radius 2 is 1.40 bits per heavy atom. The molecule has 4 nitrogen and oxygen atoms in total. The first-order valence-corrected chi connectivity index (χ1v) is 16.3. The van der Waals surface area contributed by atoms with Gasteiger partial charge in [-0.3, -0.25) is 9.59 Å². The van der Waals surface area contributed by atoms with Crippen LogP contribution >= 0.6 is 22.7 Å². The van der Waals surface area contributed by atoms with E-state index in [1.54, 1.807) is 17.4 Å². The van der Waals surface area contributed by atoms with Gasteiger partial charge in [-0.15, -0.1) is 22.7 Å². The second-order valence-corrected chi connectivity index (χ2v) is 13.6. The van der Waals surface area contributed by atoms with Crippen LogP contribution in [0.5, 0.6) is 0 Å². The lowest BCUT2D eigenvalue weighted by molar-refractivity contribution is -0.118. The molecule has 2 aliphatic rings. The van der Waals surface area contributed by atoms with E-state index in [1.807, 2.05) is 17.4 Å². The van der Waals surface area contributed by atoms with Gasteiger partial charge in [0.15, 0.2) is 0 Å². The molecule has 2 aromatic heterocycles. The Bertz CT molecular complexity index is 1660. The number of amides is 2. The third-order valence-corrected chi connectivity index (χ3v) is 11.0. The molecular weight excluding hydrogens is 557 g/mol. The molecule has 0 aliphatic heterocycles. The Labute approximate surface area is 256 Å². The van der Waals surface area contributed by atoms with Gasteiger partial charge >= 0.3 is 0 Å². The number of hydrogen-bond donors (Lipinski definition) is 2. The highest BCUT2D eigenvalue weighted by atomic mass is 32.1. The van der Waals surface area contributed by atoms with Crippen molar-refractivity contribution >= 4 is 40.6 Å². The maximum absolute atomic E-state index is 13.2. The van der Waals surface area contributed by atoms with Gasteiger partial charge in [0.05, 0.1) is 0 Å². The Morgan fingerprint density at radius 3 is 2.05 bits per heavy atom. The zero-order valence-corrected chi connectivity index (χ0v) is 25.7. The molecule has 0 bridgehead atoms. The quantitative estimate of drug-likeness (QED) is 0.219. The maximum Gasteiger partial charge on any atom is 0.244 e. The van der Waals surface area contributed by atoms with Crippen molar-refractivity contribution in [1.29, 1.82) is 0 Å². The van der Waals surface area contributed by atoms with Crippen molar-refractivity contribution in [2.45, 2.75) is 63.5 Å². The standard InChI is InChI=1S/C36H36N2O2S2/c1-4-33(39)37-27-18-25-19-28(42-36(25)32(21-27)30-12-8-6-10-23(30)3)13-14-34(40)38-26-17-24-15-16-41-35(24)31(20-26)29-11-7-5-9-22(29)2/h4-16,19,26-27,31-32H,1,17-18,20-21H2,2-3H3,(H,37,39)(H,38,40)/b14-13-/t26-,27-,31+,32-/m0/s1. The molecule has 2 aromatic carbocycles. The zero-order chi connectivity index (χ0) is 29.2. The Balaban J connectivity index is 1.19. The van der Waals surface area contributed by atoms with Crippen molar-refractivity contribution in [2.24, 2.45) is 0 Å². The number of nitrogens with one attached hydrogen (secondary N) is 2. The van der Waals surface area contributed by atoms with Crippen LogP contribution in [0.25, 0.3) is 6.08 Å². The molecule has 0 fully saturated rings. The van der Waals surface area contributed by atoms with Gasteiger partial charge in [0.2, 0.25) is 11.8 Å². The van der Waals surface area contributed by atoms with Crippen molar-refractivity contribution in [3.8, 4) is 0 Å². The minimum absolute atomic E-state index is 0.0387. The van der Waals surface area contributed by atoms with Gasteiger partial charge in [0, 0.05) is 44.6 Å². The summed E-state index contributed by atoms with van der Waals surface area (Å²) in [6.07, 6.45) is 8.36. The van der Waals surface area contributed by atoms with Crippen LogP contribution in [-0.4, -0.2) is 23.9 Å². The number of fused-ring (bicyclic) bond motifs is 2. The van der Waals surface area contributed by atoms with Crippen LogP contribution < -0.4 is 10.6 Å². The molecule has 2 N–H and O–H groups in total. The zero-order valence-electron chi connectivity index (χ0n) is 24.1. The number of carbonyl (C=O) groups is 2. The summed E-state index contributed by atoms with van der Waals surface area (Å²) in [7, 11) is 0. The van der Waals surface area contributed by atoms with E-state index >= 15 is 0 Å². The number of thiophene rings is 2. The molecule has 4 atom stereocenters. The summed E-state index contributed by atoms with van der Waals surface area (Å²) in [5.74, 6) is 0.314. The highest BCUT2D eigenvalue weighted by Crippen LogP contribution is 2.43. The van der Waals surface area contributed by atoms with E-state index in [1.165, 1.54) is 49.2 Å². The van der Waals surface area contributed by atoms with Gasteiger partial charge in [-0.05, 0) is 103 Å². The van der Waals surface area contributed by atoms with Crippen LogP contribution in [0, 0.1) is 13.8 Å². The predicted molar refractivity (Wildman–Crippen MR) is 174 cm³/mol. The molecule has 2 heterocycles. The SMILES string of the molecule is C=CC(=O)N[C@H]1Cc2cc(/C=C\C(=O)N[C@H]3Cc4ccsc4[C@@H](c4ccccc4C)C3)sc2[C@H](c2ccccc2C)C1. The fraction of sp³-hybridized carbons (Fsp3) is 0.278. The normalized spacial score (nSPS) is 21.4. The summed E-state index contributed by atoms with van der Waals surface area (Å²) in [5.41, 5.74) is 7.78. The van der Waals surface area contributed by atoms with Gasteiger partial charge < -0.3 is 10.6 Å². The summed E-state index contributed by atoms with van der Waals surface area (Å²) in [5, 5.41) is 8.61. The number of carbonyl (C=O) groups excluding carboxylic acids is 2. The predicted octanol–water partition coefficient (Wildman–Crippen LogP) is 7.45. The molecule has 0 saturated heterocycles. The van der Waals surface area contributed by atoms with Crippen LogP contribution in [0.2, 0.25) is 0 Å². The molecule has 0 spiro atoms. The molecule has 2 amide bonds. The fourth-order valence-corrected chi connectivity index (χ4v) is 8.98. The molecule has 214 valence electrons. The van der Waals surface area contributed by atoms with E-state index in [0.717, 1.165) is 30.6 Å². The highest BCUT2D eigenvalue weighted by molar-refractivity contribution is 7.13. The molecule has 6 heteroatoms. The van der Waals surface area contributed by atoms with Gasteiger partial charge in [-0.1, -0.05) is 55.1 Å². The van der Waals surface area contributed by atoms with E-state index in [-0.39, 0.29) is 29.8 Å². The first-order chi connectivity index (χ1) is 20.4. The Morgan fingerprint density at radius 1 is 0.810 bits per heavy atom. The molecule has 42 heavy (non-hydrogen) atoms. The third-order valence-electron chi connectivity index (χ3n) is 8.65. The van der Waals surface area contributed by atoms with Crippen LogP contribution in [0.1, 0.15) is 72.7 Å². The summed E-state index contributed by atoms with van der Waals surface area (Å²) in [6, 6.07) is 21.6. The molecule has 6 rings (SSSR count). The molecule has 0 radical (unpaired) electrons. The summed E-state index contributed by atoms with van der Waals surface area (Å²) in [6.45, 7) is 7.94. The van der Waals surface area contributed by atoms with Crippen molar-refractivity contribution in [2.75, 3.05) is 0 Å². The molecule has 0 unspecified atom stereocenters. The minimum Gasteiger partial charge on any atom is -0.349 e. The minimum atomic E-state index is -0.138. The maximum atomic E-state index is 13.2. The van der Waals surface area contributed by atoms with Crippen molar-refractivity contribution in [3.05, 3.63) is 133 Å². The summed E-state index contributed by atoms with van der Waals surface area (Å²) in [4.78, 5) is 29.1. The molecule has 0 saturated carbocycles. The lowest BCUT2D eigenvalue weighted by Gasteiger charge is -2.31. The smallest absolute Gasteiger partial charge is 0.244 e. The van der Waals surface area contributed by atoms with E-state index in [4.69, 9.17) is 0 Å². The summed E-state index contributed by atoms with van der Waals surface area (Å²) >= 11 is 3.58. The van der Waals surface area contributed by atoms with Crippen LogP contribution in [0.3, 0.4) is 0 Å². The van der Waals surface area contributed by atoms with E-state index in [0.29, 0.717) is 5.92 Å². The second-order valence-electron chi connectivity index (χ2n) is 11.5. The Kier molecular flexibility index (Phi) is 8.27. The first-order valence-electron chi connectivity index (χ1n) is 14.6. The second kappa shape index (κ2) is 12.2. The van der Waals surface area contributed by atoms with E-state index in [2.05, 4.69) is 97.1 Å². The van der Waals surface area contributed by atoms with E-state index < -0.39 is 0 Å². The average molecular weight is 593 g/mol. The topological polar surface area (TPSA) is 58.2 Å². The fourth-order valence-electron chi connectivity index (χ4n) is 6.68. The van der Waals surface area contributed by atoms with Gasteiger partial charge in [-0.25, -0.2) is 0 Å². The Hall–Kier alpha value is -3.74. The largest absolute Gasteiger partial charge is 0.349 e. The molecular formula is C36H36N2O2S2. The van der Waals surface area contributed by atoms with Gasteiger partial charge in [-0.2, -0.15) is 0 Å². The van der Waals surface area contributed by atoms with Crippen LogP contribution in [-0.2, 0) is 22.4 Å². The molecule has 2 aliphatic carbocycles. The van der Waals surface area contributed by atoms with Crippen molar-refractivity contribution in [3.63, 3.8) is 0 Å². The van der Waals surface area contributed by atoms with Crippen LogP contribution in [0.4, 0.5) is 0 Å². The number of hydrogen-bond acceptors (Lipinski definition) is 4. The van der Waals surface area contributed by atoms with Crippen molar-refractivity contribution < 1.29 is 9.59 Å². The number of aryl methyl sites for hydroxylation is 2. The average Bonchev–Trinajstić information content (AvgIpc) is 3.63. The van der Waals surface area contributed by atoms with Crippen molar-refractivity contribution in [1.82, 2.24) is 10.6 Å².